The van der Waals surface area contributed by atoms with Gasteiger partial charge in [-0.2, -0.15) is 0 Å². The van der Waals surface area contributed by atoms with Crippen LogP contribution in [0, 0.1) is 11.8 Å². The van der Waals surface area contributed by atoms with E-state index in [1.165, 1.54) is 24.0 Å². The molecule has 7 nitrogen and oxygen atoms in total. The second-order valence-corrected chi connectivity index (χ2v) is 13.9. The van der Waals surface area contributed by atoms with Gasteiger partial charge in [-0.15, -0.1) is 0 Å². The average molecular weight is 591 g/mol. The minimum absolute atomic E-state index is 0.0109. The van der Waals surface area contributed by atoms with Gasteiger partial charge >= 0.3 is 6.09 Å². The summed E-state index contributed by atoms with van der Waals surface area (Å²) in [7, 11) is 0. The van der Waals surface area contributed by atoms with Gasteiger partial charge in [-0.3, -0.25) is 4.79 Å². The first kappa shape index (κ1) is 29.0. The summed E-state index contributed by atoms with van der Waals surface area (Å²) in [5, 5.41) is 0.704. The molecule has 1 atom stereocenters. The molecule has 3 heterocycles. The number of aromatic nitrogens is 2. The van der Waals surface area contributed by atoms with Gasteiger partial charge in [-0.05, 0) is 119 Å². The summed E-state index contributed by atoms with van der Waals surface area (Å²) in [6, 6.07) is 12.9. The van der Waals surface area contributed by atoms with Gasteiger partial charge in [0.05, 0.1) is 16.1 Å². The van der Waals surface area contributed by atoms with E-state index in [2.05, 4.69) is 40.2 Å². The summed E-state index contributed by atoms with van der Waals surface area (Å²) in [6.07, 6.45) is 7.77. The van der Waals surface area contributed by atoms with Crippen LogP contribution in [-0.4, -0.2) is 63.5 Å². The zero-order chi connectivity index (χ0) is 29.4. The predicted octanol–water partition coefficient (Wildman–Crippen LogP) is 7.58. The minimum atomic E-state index is -0.507. The number of benzene rings is 2. The third-order valence-corrected chi connectivity index (χ3v) is 9.35. The van der Waals surface area contributed by atoms with Crippen LogP contribution in [-0.2, 0) is 16.0 Å². The van der Waals surface area contributed by atoms with Crippen molar-refractivity contribution in [2.24, 2.45) is 11.8 Å². The lowest BCUT2D eigenvalue weighted by Crippen LogP contribution is -2.46. The monoisotopic (exact) mass is 590 g/mol. The van der Waals surface area contributed by atoms with Crippen molar-refractivity contribution in [3.63, 3.8) is 0 Å². The largest absolute Gasteiger partial charge is 0.444 e. The highest BCUT2D eigenvalue weighted by molar-refractivity contribution is 6.33. The topological polar surface area (TPSA) is 78.5 Å². The summed E-state index contributed by atoms with van der Waals surface area (Å²) in [5.41, 5.74) is 5.13. The van der Waals surface area contributed by atoms with Crippen molar-refractivity contribution in [3.8, 4) is 11.4 Å². The van der Waals surface area contributed by atoms with Crippen molar-refractivity contribution in [1.82, 2.24) is 19.8 Å². The summed E-state index contributed by atoms with van der Waals surface area (Å²) in [6.45, 7) is 8.40. The lowest BCUT2D eigenvalue weighted by Gasteiger charge is -2.35. The van der Waals surface area contributed by atoms with E-state index in [4.69, 9.17) is 21.3 Å². The number of amides is 2. The number of carbonyl (C=O) groups excluding carboxylic acids is 2. The Labute approximate surface area is 254 Å². The Morgan fingerprint density at radius 3 is 2.45 bits per heavy atom. The maximum Gasteiger partial charge on any atom is 0.410 e. The van der Waals surface area contributed by atoms with Crippen LogP contribution in [0.25, 0.3) is 22.4 Å². The highest BCUT2D eigenvalue weighted by Gasteiger charge is 2.33. The van der Waals surface area contributed by atoms with Gasteiger partial charge in [-0.1, -0.05) is 23.7 Å². The van der Waals surface area contributed by atoms with Gasteiger partial charge in [-0.25, -0.2) is 9.78 Å². The first-order chi connectivity index (χ1) is 20.1. The van der Waals surface area contributed by atoms with E-state index in [1.807, 2.05) is 26.8 Å². The zero-order valence-electron chi connectivity index (χ0n) is 25.1. The summed E-state index contributed by atoms with van der Waals surface area (Å²) in [5.74, 6) is 2.28. The van der Waals surface area contributed by atoms with Crippen LogP contribution in [0.15, 0.2) is 36.4 Å². The van der Waals surface area contributed by atoms with Crippen LogP contribution in [0.1, 0.15) is 82.8 Å². The molecule has 2 saturated heterocycles. The molecule has 1 aromatic heterocycles. The third kappa shape index (κ3) is 6.77. The fourth-order valence-corrected chi connectivity index (χ4v) is 6.73. The number of halogens is 1. The number of likely N-dealkylation sites (tertiary alicyclic amines) is 2. The molecular weight excluding hydrogens is 548 g/mol. The molecule has 42 heavy (non-hydrogen) atoms. The summed E-state index contributed by atoms with van der Waals surface area (Å²) < 4.78 is 5.51. The van der Waals surface area contributed by atoms with E-state index >= 15 is 0 Å². The Morgan fingerprint density at radius 2 is 1.71 bits per heavy atom. The lowest BCUT2D eigenvalue weighted by molar-refractivity contribution is -0.137. The number of nitrogens with zero attached hydrogens (tertiary/aromatic N) is 3. The smallest absolute Gasteiger partial charge is 0.410 e. The molecule has 1 saturated carbocycles. The number of piperidine rings is 1. The Bertz CT molecular complexity index is 1450. The van der Waals surface area contributed by atoms with Gasteiger partial charge < -0.3 is 19.5 Å². The molecule has 2 amide bonds. The van der Waals surface area contributed by atoms with E-state index in [9.17, 15) is 9.59 Å². The number of imidazole rings is 1. The molecule has 6 rings (SSSR count). The molecule has 8 heteroatoms. The third-order valence-electron chi connectivity index (χ3n) is 9.02. The standard InChI is InChI=1S/C34H43ClN4O3/c1-34(2,3)42-33(41)39-17-13-25(14-18-39)32(40)38-15-4-5-22(12-16-38)19-23-6-10-28(35)27(20-23)31-36-29-11-9-26(24-7-8-24)21-30(29)37-31/h6,9-11,20-22,24-25H,4-5,7-8,12-19H2,1-3H3,(H,36,37). The average Bonchev–Trinajstić information content (AvgIpc) is 3.76. The van der Waals surface area contributed by atoms with Crippen molar-refractivity contribution in [2.45, 2.75) is 83.7 Å². The predicted molar refractivity (Wildman–Crippen MR) is 167 cm³/mol. The number of hydrogen-bond acceptors (Lipinski definition) is 4. The first-order valence-electron chi connectivity index (χ1n) is 15.7. The molecule has 0 bridgehead atoms. The number of carbonyl (C=O) groups is 2. The molecule has 3 aromatic rings. The van der Waals surface area contributed by atoms with Crippen LogP contribution < -0.4 is 0 Å². The molecular formula is C34H43ClN4O3. The maximum absolute atomic E-state index is 13.4. The zero-order valence-corrected chi connectivity index (χ0v) is 25.9. The van der Waals surface area contributed by atoms with E-state index in [-0.39, 0.29) is 17.9 Å². The maximum atomic E-state index is 13.4. The van der Waals surface area contributed by atoms with Crippen molar-refractivity contribution < 1.29 is 14.3 Å². The molecule has 0 spiro atoms. The fraction of sp³-hybridized carbons (Fsp3) is 0.559. The van der Waals surface area contributed by atoms with E-state index in [0.29, 0.717) is 42.8 Å². The van der Waals surface area contributed by atoms with Gasteiger partial charge in [0.2, 0.25) is 5.91 Å². The van der Waals surface area contributed by atoms with Crippen molar-refractivity contribution >= 4 is 34.6 Å². The van der Waals surface area contributed by atoms with E-state index in [0.717, 1.165) is 61.2 Å². The van der Waals surface area contributed by atoms with Gasteiger partial charge in [0.25, 0.3) is 0 Å². The van der Waals surface area contributed by atoms with Crippen LogP contribution in [0.4, 0.5) is 4.79 Å². The molecule has 1 N–H and O–H groups in total. The SMILES string of the molecule is CC(C)(C)OC(=O)N1CCC(C(=O)N2CCCC(Cc3ccc(Cl)c(-c4nc5ccc(C6CC6)cc5[nH]4)c3)CC2)CC1. The van der Waals surface area contributed by atoms with E-state index in [1.54, 1.807) is 4.90 Å². The highest BCUT2D eigenvalue weighted by Crippen LogP contribution is 2.41. The van der Waals surface area contributed by atoms with Crippen molar-refractivity contribution in [2.75, 3.05) is 26.2 Å². The fourth-order valence-electron chi connectivity index (χ4n) is 6.52. The number of rotatable bonds is 5. The highest BCUT2D eigenvalue weighted by atomic mass is 35.5. The number of fused-ring (bicyclic) bond motifs is 1. The van der Waals surface area contributed by atoms with Gasteiger partial charge in [0.1, 0.15) is 11.4 Å². The second kappa shape index (κ2) is 11.9. The van der Waals surface area contributed by atoms with Crippen molar-refractivity contribution in [1.29, 1.82) is 0 Å². The molecule has 2 aliphatic heterocycles. The van der Waals surface area contributed by atoms with Crippen LogP contribution in [0.5, 0.6) is 0 Å². The minimum Gasteiger partial charge on any atom is -0.444 e. The number of aromatic amines is 1. The summed E-state index contributed by atoms with van der Waals surface area (Å²) >= 11 is 6.67. The molecule has 224 valence electrons. The second-order valence-electron chi connectivity index (χ2n) is 13.5. The normalized spacial score (nSPS) is 20.5. The lowest BCUT2D eigenvalue weighted by atomic mass is 9.92. The van der Waals surface area contributed by atoms with Gasteiger partial charge in [0.15, 0.2) is 0 Å². The van der Waals surface area contributed by atoms with Gasteiger partial charge in [0, 0.05) is 37.7 Å². The molecule has 1 unspecified atom stereocenters. The number of nitrogens with one attached hydrogen (secondary N) is 1. The number of hydrogen-bond donors (Lipinski definition) is 1. The first-order valence-corrected chi connectivity index (χ1v) is 16.1. The Kier molecular flexibility index (Phi) is 8.23. The molecule has 1 aliphatic carbocycles. The Hall–Kier alpha value is -3.06. The molecule has 3 aliphatic rings. The van der Waals surface area contributed by atoms with Crippen LogP contribution in [0.2, 0.25) is 5.02 Å². The molecule has 2 aromatic carbocycles. The van der Waals surface area contributed by atoms with Crippen LogP contribution >= 0.6 is 11.6 Å². The van der Waals surface area contributed by atoms with E-state index < -0.39 is 5.60 Å². The molecule has 3 fully saturated rings. The number of ether oxygens (including phenoxy) is 1. The summed E-state index contributed by atoms with van der Waals surface area (Å²) in [4.78, 5) is 38.0. The Morgan fingerprint density at radius 1 is 0.952 bits per heavy atom. The Balaban J connectivity index is 1.05. The quantitative estimate of drug-likeness (QED) is 0.332. The number of H-pyrrole nitrogens is 1. The van der Waals surface area contributed by atoms with Crippen molar-refractivity contribution in [3.05, 3.63) is 52.5 Å². The van der Waals surface area contributed by atoms with Crippen LogP contribution in [0.3, 0.4) is 0 Å². The molecule has 0 radical (unpaired) electrons.